The number of likely N-dealkylation sites (tertiary alicyclic amines) is 1. The van der Waals surface area contributed by atoms with Crippen molar-refractivity contribution in [1.82, 2.24) is 10.2 Å². The molecule has 0 bridgehead atoms. The third-order valence-corrected chi connectivity index (χ3v) is 6.16. The van der Waals surface area contributed by atoms with Crippen LogP contribution in [-0.4, -0.2) is 52.3 Å². The third-order valence-electron chi connectivity index (χ3n) is 5.63. The fraction of sp³-hybridized carbons (Fsp3) is 0.250. The number of phenols is 1. The van der Waals surface area contributed by atoms with E-state index in [1.807, 2.05) is 12.1 Å². The van der Waals surface area contributed by atoms with Gasteiger partial charge in [-0.3, -0.25) is 9.59 Å². The molecule has 176 valence electrons. The summed E-state index contributed by atoms with van der Waals surface area (Å²) in [6, 6.07) is 12.1. The third kappa shape index (κ3) is 5.45. The monoisotopic (exact) mass is 526 g/mol. The standard InChI is InChI=1S/C24H23BrN4O5/c25-16-7-5-15(6-8-16)23-28-19(24(33)34-23)13-29-11-1-2-20(29)22(32)27-18(21(26)31)12-14-3-9-17(30)10-4-14/h3-10,13,18,20,30H,1-2,11-12H2,(H2,26,31)(H,27,32)/b19-13-/t18-,20-/m0/s1. The molecule has 0 aliphatic carbocycles. The first-order valence-corrected chi connectivity index (χ1v) is 11.5. The summed E-state index contributed by atoms with van der Waals surface area (Å²) in [6.45, 7) is 0.553. The Morgan fingerprint density at radius 1 is 1.24 bits per heavy atom. The van der Waals surface area contributed by atoms with Crippen LogP contribution in [0.3, 0.4) is 0 Å². The highest BCUT2D eigenvalue weighted by molar-refractivity contribution is 9.10. The van der Waals surface area contributed by atoms with Crippen molar-refractivity contribution in [2.45, 2.75) is 31.3 Å². The van der Waals surface area contributed by atoms with Gasteiger partial charge in [0.05, 0.1) is 0 Å². The van der Waals surface area contributed by atoms with Crippen LogP contribution in [0.1, 0.15) is 24.0 Å². The van der Waals surface area contributed by atoms with Gasteiger partial charge in [0.25, 0.3) is 0 Å². The average molecular weight is 527 g/mol. The number of carbonyl (C=O) groups is 3. The minimum Gasteiger partial charge on any atom is -0.508 e. The minimum absolute atomic E-state index is 0.105. The molecule has 4 rings (SSSR count). The van der Waals surface area contributed by atoms with E-state index in [9.17, 15) is 19.5 Å². The lowest BCUT2D eigenvalue weighted by Crippen LogP contribution is -2.51. The molecule has 2 aliphatic heterocycles. The minimum atomic E-state index is -0.911. The Balaban J connectivity index is 1.46. The maximum Gasteiger partial charge on any atom is 0.365 e. The Hall–Kier alpha value is -3.66. The van der Waals surface area contributed by atoms with E-state index in [2.05, 4.69) is 26.2 Å². The van der Waals surface area contributed by atoms with Crippen LogP contribution in [0, 0.1) is 0 Å². The number of rotatable bonds is 7. The predicted octanol–water partition coefficient (Wildman–Crippen LogP) is 1.98. The van der Waals surface area contributed by atoms with Gasteiger partial charge in [-0.15, -0.1) is 0 Å². The van der Waals surface area contributed by atoms with E-state index < -0.39 is 24.0 Å². The van der Waals surface area contributed by atoms with Gasteiger partial charge in [-0.25, -0.2) is 9.79 Å². The van der Waals surface area contributed by atoms with Crippen molar-refractivity contribution in [3.63, 3.8) is 0 Å². The van der Waals surface area contributed by atoms with Crippen molar-refractivity contribution in [3.05, 3.63) is 76.0 Å². The number of aromatic hydroxyl groups is 1. The molecular weight excluding hydrogens is 504 g/mol. The van der Waals surface area contributed by atoms with Gasteiger partial charge in [-0.05, 0) is 54.8 Å². The first kappa shape index (κ1) is 23.5. The molecule has 34 heavy (non-hydrogen) atoms. The summed E-state index contributed by atoms with van der Waals surface area (Å²) in [6.07, 6.45) is 3.02. The van der Waals surface area contributed by atoms with Gasteiger partial charge in [0.15, 0.2) is 5.70 Å². The second-order valence-electron chi connectivity index (χ2n) is 8.06. The summed E-state index contributed by atoms with van der Waals surface area (Å²) < 4.78 is 6.19. The Bertz CT molecular complexity index is 1160. The van der Waals surface area contributed by atoms with E-state index in [1.165, 1.54) is 18.3 Å². The van der Waals surface area contributed by atoms with Crippen LogP contribution < -0.4 is 11.1 Å². The van der Waals surface area contributed by atoms with Gasteiger partial charge in [-0.1, -0.05) is 28.1 Å². The lowest BCUT2D eigenvalue weighted by molar-refractivity contribution is -0.130. The Morgan fingerprint density at radius 2 is 1.94 bits per heavy atom. The van der Waals surface area contributed by atoms with Crippen LogP contribution in [0.15, 0.2) is 69.9 Å². The summed E-state index contributed by atoms with van der Waals surface area (Å²) in [4.78, 5) is 43.4. The molecule has 2 aliphatic rings. The Kier molecular flexibility index (Phi) is 6.97. The van der Waals surface area contributed by atoms with Crippen molar-refractivity contribution in [2.24, 2.45) is 10.7 Å². The zero-order valence-corrected chi connectivity index (χ0v) is 19.7. The summed E-state index contributed by atoms with van der Waals surface area (Å²) in [5.41, 5.74) is 7.03. The summed E-state index contributed by atoms with van der Waals surface area (Å²) in [5, 5.41) is 12.2. The average Bonchev–Trinajstić information content (AvgIpc) is 3.42. The van der Waals surface area contributed by atoms with Gasteiger partial charge in [0.2, 0.25) is 17.7 Å². The highest BCUT2D eigenvalue weighted by Gasteiger charge is 2.33. The molecule has 0 saturated carbocycles. The number of carbonyl (C=O) groups excluding carboxylic acids is 3. The second kappa shape index (κ2) is 10.1. The number of benzene rings is 2. The maximum atomic E-state index is 13.0. The number of halogens is 1. The highest BCUT2D eigenvalue weighted by Crippen LogP contribution is 2.23. The number of hydrogen-bond acceptors (Lipinski definition) is 7. The molecule has 0 unspecified atom stereocenters. The maximum absolute atomic E-state index is 13.0. The Labute approximate surface area is 204 Å². The molecule has 4 N–H and O–H groups in total. The number of phenolic OH excluding ortho intramolecular Hbond substituents is 1. The first-order valence-electron chi connectivity index (χ1n) is 10.7. The molecule has 2 atom stereocenters. The van der Waals surface area contributed by atoms with Crippen LogP contribution in [0.2, 0.25) is 0 Å². The quantitative estimate of drug-likeness (QED) is 0.373. The van der Waals surface area contributed by atoms with Gasteiger partial charge in [0, 0.05) is 29.2 Å². The molecule has 10 heteroatoms. The largest absolute Gasteiger partial charge is 0.508 e. The molecule has 0 radical (unpaired) electrons. The van der Waals surface area contributed by atoms with Crippen molar-refractivity contribution in [1.29, 1.82) is 0 Å². The molecular formula is C24H23BrN4O5. The summed E-state index contributed by atoms with van der Waals surface area (Å²) in [5.74, 6) is -1.31. The molecule has 1 saturated heterocycles. The summed E-state index contributed by atoms with van der Waals surface area (Å²) >= 11 is 3.36. The van der Waals surface area contributed by atoms with E-state index in [0.29, 0.717) is 18.5 Å². The van der Waals surface area contributed by atoms with Crippen LogP contribution >= 0.6 is 15.9 Å². The summed E-state index contributed by atoms with van der Waals surface area (Å²) in [7, 11) is 0. The number of cyclic esters (lactones) is 1. The van der Waals surface area contributed by atoms with E-state index in [4.69, 9.17) is 10.5 Å². The van der Waals surface area contributed by atoms with Crippen LogP contribution in [0.5, 0.6) is 5.75 Å². The number of hydrogen-bond donors (Lipinski definition) is 3. The number of primary amides is 1. The number of nitrogens with one attached hydrogen (secondary N) is 1. The number of nitrogens with zero attached hydrogens (tertiary/aromatic N) is 2. The predicted molar refractivity (Wildman–Crippen MR) is 128 cm³/mol. The van der Waals surface area contributed by atoms with Crippen molar-refractivity contribution in [3.8, 4) is 5.75 Å². The molecule has 0 aromatic heterocycles. The topological polar surface area (TPSA) is 134 Å². The lowest BCUT2D eigenvalue weighted by atomic mass is 10.0. The van der Waals surface area contributed by atoms with Gasteiger partial charge >= 0.3 is 5.97 Å². The number of esters is 1. The fourth-order valence-corrected chi connectivity index (χ4v) is 4.12. The zero-order valence-electron chi connectivity index (χ0n) is 18.1. The van der Waals surface area contributed by atoms with Gasteiger partial charge in [0.1, 0.15) is 17.8 Å². The fourth-order valence-electron chi connectivity index (χ4n) is 3.86. The number of aliphatic imine (C=N–C) groups is 1. The normalized spacial score (nSPS) is 19.6. The van der Waals surface area contributed by atoms with Crippen LogP contribution in [-0.2, 0) is 25.5 Å². The van der Waals surface area contributed by atoms with Crippen LogP contribution in [0.4, 0.5) is 0 Å². The molecule has 2 aromatic carbocycles. The molecule has 2 aromatic rings. The van der Waals surface area contributed by atoms with E-state index >= 15 is 0 Å². The number of amides is 2. The van der Waals surface area contributed by atoms with E-state index in [1.54, 1.807) is 29.2 Å². The smallest absolute Gasteiger partial charge is 0.365 e. The molecule has 2 heterocycles. The molecule has 0 spiro atoms. The van der Waals surface area contributed by atoms with Crippen molar-refractivity contribution >= 4 is 39.6 Å². The highest BCUT2D eigenvalue weighted by atomic mass is 79.9. The Morgan fingerprint density at radius 3 is 2.62 bits per heavy atom. The molecule has 2 amide bonds. The van der Waals surface area contributed by atoms with Crippen molar-refractivity contribution < 1.29 is 24.2 Å². The van der Waals surface area contributed by atoms with Gasteiger partial charge < -0.3 is 25.8 Å². The van der Waals surface area contributed by atoms with Gasteiger partial charge in [-0.2, -0.15) is 0 Å². The van der Waals surface area contributed by atoms with E-state index in [0.717, 1.165) is 16.5 Å². The first-order chi connectivity index (χ1) is 16.3. The lowest BCUT2D eigenvalue weighted by Gasteiger charge is -2.24. The van der Waals surface area contributed by atoms with Crippen LogP contribution in [0.25, 0.3) is 0 Å². The second-order valence-corrected chi connectivity index (χ2v) is 8.97. The molecule has 1 fully saturated rings. The van der Waals surface area contributed by atoms with Crippen molar-refractivity contribution in [2.75, 3.05) is 6.54 Å². The number of ether oxygens (including phenoxy) is 1. The number of nitrogens with two attached hydrogens (primary N) is 1. The molecule has 9 nitrogen and oxygen atoms in total. The van der Waals surface area contributed by atoms with E-state index in [-0.39, 0.29) is 29.7 Å². The zero-order chi connectivity index (χ0) is 24.2. The SMILES string of the molecule is NC(=O)[C@H](Cc1ccc(O)cc1)NC(=O)[C@@H]1CCCN1/C=C1\N=C(c2ccc(Br)cc2)OC1=O.